The molecule has 2 aromatic carbocycles. The number of aldehydes is 1. The molecule has 0 aliphatic rings. The molecule has 0 amide bonds. The number of carbonyl (C=O) groups excluding carboxylic acids is 1. The Balaban J connectivity index is 2.11. The maximum Gasteiger partial charge on any atom is 0.193 e. The third-order valence-electron chi connectivity index (χ3n) is 2.22. The number of nitrogens with one attached hydrogen (secondary N) is 1. The van der Waals surface area contributed by atoms with Crippen molar-refractivity contribution in [2.24, 2.45) is 0 Å². The maximum atomic E-state index is 10.1. The first-order valence-corrected chi connectivity index (χ1v) is 5.26. The smallest absolute Gasteiger partial charge is 0.193 e. The molecule has 17 heavy (non-hydrogen) atoms. The fraction of sp³-hybridized carbons (Fsp3) is 0. The van der Waals surface area contributed by atoms with Crippen LogP contribution in [0.25, 0.3) is 0 Å². The lowest BCUT2D eigenvalue weighted by molar-refractivity contribution is -0.103. The van der Waals surface area contributed by atoms with Gasteiger partial charge in [-0.15, -0.1) is 0 Å². The van der Waals surface area contributed by atoms with Crippen molar-refractivity contribution >= 4 is 17.7 Å². The van der Waals surface area contributed by atoms with Crippen LogP contribution in [0.2, 0.25) is 0 Å². The summed E-state index contributed by atoms with van der Waals surface area (Å²) in [6.45, 7) is 0. The number of hydrogen-bond acceptors (Lipinski definition) is 2. The van der Waals surface area contributed by atoms with Gasteiger partial charge in [0.05, 0.1) is 0 Å². The molecule has 0 spiro atoms. The number of hydrogen-bond donors (Lipinski definition) is 1. The molecule has 2 aromatic rings. The van der Waals surface area contributed by atoms with Gasteiger partial charge in [-0.2, -0.15) is 0 Å². The Morgan fingerprint density at radius 1 is 0.882 bits per heavy atom. The lowest BCUT2D eigenvalue weighted by atomic mass is 10.2. The first-order valence-electron chi connectivity index (χ1n) is 5.26. The van der Waals surface area contributed by atoms with Gasteiger partial charge in [-0.3, -0.25) is 4.79 Å². The molecule has 0 saturated carbocycles. The zero-order chi connectivity index (χ0) is 11.9. The van der Waals surface area contributed by atoms with Crippen molar-refractivity contribution in [1.29, 1.82) is 0 Å². The summed E-state index contributed by atoms with van der Waals surface area (Å²) in [5.74, 6) is 5.12. The second-order valence-corrected chi connectivity index (χ2v) is 3.46. The van der Waals surface area contributed by atoms with Gasteiger partial charge in [0, 0.05) is 16.9 Å². The number of benzene rings is 2. The largest absolute Gasteiger partial charge is 0.356 e. The van der Waals surface area contributed by atoms with Crippen LogP contribution < -0.4 is 5.32 Å². The minimum Gasteiger partial charge on any atom is -0.356 e. The minimum absolute atomic E-state index is 0.593. The predicted octanol–water partition coefficient (Wildman–Crippen LogP) is 2.98. The van der Waals surface area contributed by atoms with Crippen molar-refractivity contribution in [2.45, 2.75) is 0 Å². The van der Waals surface area contributed by atoms with Gasteiger partial charge in [-0.1, -0.05) is 24.1 Å². The van der Waals surface area contributed by atoms with Gasteiger partial charge in [0.1, 0.15) is 0 Å². The zero-order valence-electron chi connectivity index (χ0n) is 9.18. The average molecular weight is 221 g/mol. The summed E-state index contributed by atoms with van der Waals surface area (Å²) in [4.78, 5) is 10.1. The Kier molecular flexibility index (Phi) is 3.57. The third-order valence-corrected chi connectivity index (χ3v) is 2.22. The highest BCUT2D eigenvalue weighted by atomic mass is 16.1. The summed E-state index contributed by atoms with van der Waals surface area (Å²) in [5, 5.41) is 3.27. The molecule has 0 aliphatic carbocycles. The van der Waals surface area contributed by atoms with Crippen molar-refractivity contribution in [1.82, 2.24) is 0 Å². The van der Waals surface area contributed by atoms with E-state index < -0.39 is 0 Å². The molecule has 0 heterocycles. The van der Waals surface area contributed by atoms with Crippen LogP contribution >= 0.6 is 0 Å². The van der Waals surface area contributed by atoms with E-state index >= 15 is 0 Å². The summed E-state index contributed by atoms with van der Waals surface area (Å²) in [7, 11) is 0. The second-order valence-electron chi connectivity index (χ2n) is 3.46. The first kappa shape index (κ1) is 11.0. The van der Waals surface area contributed by atoms with E-state index in [1.54, 1.807) is 0 Å². The predicted molar refractivity (Wildman–Crippen MR) is 69.1 cm³/mol. The van der Waals surface area contributed by atoms with Crippen LogP contribution in [0.1, 0.15) is 5.56 Å². The Morgan fingerprint density at radius 3 is 2.18 bits per heavy atom. The van der Waals surface area contributed by atoms with Crippen molar-refractivity contribution in [2.75, 3.05) is 5.32 Å². The normalized spacial score (nSPS) is 8.94. The van der Waals surface area contributed by atoms with E-state index in [1.807, 2.05) is 54.6 Å². The Hall–Kier alpha value is -2.53. The van der Waals surface area contributed by atoms with Gasteiger partial charge >= 0.3 is 0 Å². The van der Waals surface area contributed by atoms with Gasteiger partial charge in [0.2, 0.25) is 0 Å². The Bertz CT molecular complexity index is 547. The van der Waals surface area contributed by atoms with E-state index in [0.29, 0.717) is 6.29 Å². The zero-order valence-corrected chi connectivity index (χ0v) is 9.18. The Labute approximate surface area is 100 Å². The lowest BCUT2D eigenvalue weighted by Crippen LogP contribution is -1.89. The van der Waals surface area contributed by atoms with Crippen LogP contribution in [0.15, 0.2) is 54.6 Å². The molecule has 0 fully saturated rings. The van der Waals surface area contributed by atoms with E-state index in [-0.39, 0.29) is 0 Å². The van der Waals surface area contributed by atoms with Gasteiger partial charge in [-0.25, -0.2) is 0 Å². The topological polar surface area (TPSA) is 29.1 Å². The number of rotatable bonds is 2. The first-order chi connectivity index (χ1) is 8.38. The van der Waals surface area contributed by atoms with Crippen molar-refractivity contribution in [3.63, 3.8) is 0 Å². The number of para-hydroxylation sites is 1. The standard InChI is InChI=1S/C15H11NO/c17-12-4-5-13-8-10-15(11-9-13)16-14-6-2-1-3-7-14/h1-3,6-12,16H. The molecule has 1 N–H and O–H groups in total. The molecule has 0 aromatic heterocycles. The molecular formula is C15H11NO. The fourth-order valence-electron chi connectivity index (χ4n) is 1.44. The quantitative estimate of drug-likeness (QED) is 0.624. The molecule has 82 valence electrons. The van der Waals surface area contributed by atoms with Crippen LogP contribution in [0.4, 0.5) is 11.4 Å². The lowest BCUT2D eigenvalue weighted by Gasteiger charge is -2.05. The van der Waals surface area contributed by atoms with Crippen LogP contribution in [0.5, 0.6) is 0 Å². The van der Waals surface area contributed by atoms with Gasteiger partial charge < -0.3 is 5.32 Å². The third kappa shape index (κ3) is 3.22. The van der Waals surface area contributed by atoms with Crippen molar-refractivity contribution < 1.29 is 4.79 Å². The summed E-state index contributed by atoms with van der Waals surface area (Å²) in [6.07, 6.45) is 0.593. The van der Waals surface area contributed by atoms with Crippen LogP contribution in [0.3, 0.4) is 0 Å². The minimum atomic E-state index is 0.593. The molecule has 0 unspecified atom stereocenters. The second kappa shape index (κ2) is 5.53. The maximum absolute atomic E-state index is 10.1. The van der Waals surface area contributed by atoms with E-state index in [9.17, 15) is 4.79 Å². The van der Waals surface area contributed by atoms with Crippen molar-refractivity contribution in [3.05, 3.63) is 60.2 Å². The van der Waals surface area contributed by atoms with Crippen molar-refractivity contribution in [3.8, 4) is 11.8 Å². The SMILES string of the molecule is O=CC#Cc1ccc(Nc2ccccc2)cc1. The fourth-order valence-corrected chi connectivity index (χ4v) is 1.44. The highest BCUT2D eigenvalue weighted by Crippen LogP contribution is 2.16. The number of anilines is 2. The average Bonchev–Trinajstić information content (AvgIpc) is 2.39. The summed E-state index contributed by atoms with van der Waals surface area (Å²) >= 11 is 0. The highest BCUT2D eigenvalue weighted by molar-refractivity contribution is 5.74. The molecule has 0 aliphatic heterocycles. The Morgan fingerprint density at radius 2 is 1.53 bits per heavy atom. The molecular weight excluding hydrogens is 210 g/mol. The van der Waals surface area contributed by atoms with Gasteiger partial charge in [0.25, 0.3) is 0 Å². The molecule has 2 rings (SSSR count). The molecule has 2 nitrogen and oxygen atoms in total. The molecule has 2 heteroatoms. The van der Waals surface area contributed by atoms with Crippen LogP contribution in [-0.2, 0) is 4.79 Å². The summed E-state index contributed by atoms with van der Waals surface area (Å²) in [6, 6.07) is 17.6. The molecule has 0 bridgehead atoms. The van der Waals surface area contributed by atoms with E-state index in [0.717, 1.165) is 16.9 Å². The highest BCUT2D eigenvalue weighted by Gasteiger charge is 1.93. The summed E-state index contributed by atoms with van der Waals surface area (Å²) in [5.41, 5.74) is 2.86. The number of carbonyl (C=O) groups is 1. The van der Waals surface area contributed by atoms with Gasteiger partial charge in [0.15, 0.2) is 6.29 Å². The molecule has 0 radical (unpaired) electrons. The van der Waals surface area contributed by atoms with Crippen LogP contribution in [0, 0.1) is 11.8 Å². The van der Waals surface area contributed by atoms with E-state index in [1.165, 1.54) is 0 Å². The molecule has 0 atom stereocenters. The molecule has 0 saturated heterocycles. The monoisotopic (exact) mass is 221 g/mol. The van der Waals surface area contributed by atoms with E-state index in [2.05, 4.69) is 17.2 Å². The van der Waals surface area contributed by atoms with E-state index in [4.69, 9.17) is 0 Å². The van der Waals surface area contributed by atoms with Crippen LogP contribution in [-0.4, -0.2) is 6.29 Å². The summed E-state index contributed by atoms with van der Waals surface area (Å²) < 4.78 is 0. The van der Waals surface area contributed by atoms with Gasteiger partial charge in [-0.05, 0) is 42.3 Å².